The molecule has 1 aliphatic rings. The first-order valence-corrected chi connectivity index (χ1v) is 5.45. The van der Waals surface area contributed by atoms with Crippen LogP contribution in [0.3, 0.4) is 0 Å². The molecule has 1 aromatic carbocycles. The van der Waals surface area contributed by atoms with E-state index in [1.54, 1.807) is 12.2 Å². The van der Waals surface area contributed by atoms with E-state index in [-0.39, 0.29) is 11.0 Å². The Balaban J connectivity index is 2.28. The van der Waals surface area contributed by atoms with Gasteiger partial charge in [-0.15, -0.1) is 0 Å². The maximum atomic E-state index is 13.8. The molecule has 0 amide bonds. The predicted octanol–water partition coefficient (Wildman–Crippen LogP) is 3.16. The quantitative estimate of drug-likeness (QED) is 0.785. The first-order valence-electron chi connectivity index (χ1n) is 5.07. The fourth-order valence-electron chi connectivity index (χ4n) is 1.70. The number of alkyl halides is 1. The van der Waals surface area contributed by atoms with Crippen molar-refractivity contribution >= 4 is 11.6 Å². The summed E-state index contributed by atoms with van der Waals surface area (Å²) in [7, 11) is 0. The van der Waals surface area contributed by atoms with Gasteiger partial charge < -0.3 is 5.11 Å². The van der Waals surface area contributed by atoms with Gasteiger partial charge in [0, 0.05) is 5.92 Å². The van der Waals surface area contributed by atoms with Crippen LogP contribution in [-0.4, -0.2) is 17.4 Å². The first-order chi connectivity index (χ1) is 7.65. The van der Waals surface area contributed by atoms with E-state index in [0.29, 0.717) is 0 Å². The van der Waals surface area contributed by atoms with E-state index in [1.165, 1.54) is 6.08 Å². The zero-order valence-electron chi connectivity index (χ0n) is 8.61. The Bertz CT molecular complexity index is 427. The molecule has 1 N–H and O–H groups in total. The molecule has 0 spiro atoms. The third-order valence-corrected chi connectivity index (χ3v) is 3.15. The number of hydrogen-bond acceptors (Lipinski definition) is 1. The van der Waals surface area contributed by atoms with Crippen molar-refractivity contribution in [3.05, 3.63) is 59.2 Å². The van der Waals surface area contributed by atoms with Crippen molar-refractivity contribution in [1.82, 2.24) is 0 Å². The third-order valence-electron chi connectivity index (χ3n) is 2.71. The lowest BCUT2D eigenvalue weighted by molar-refractivity contribution is 0.149. The lowest BCUT2D eigenvalue weighted by Crippen LogP contribution is -2.28. The number of aliphatic hydroxyl groups is 1. The van der Waals surface area contributed by atoms with Crippen LogP contribution in [-0.2, 0) is 0 Å². The maximum absolute atomic E-state index is 13.8. The minimum atomic E-state index is -1.91. The summed E-state index contributed by atoms with van der Waals surface area (Å²) in [6.45, 7) is -0.625. The van der Waals surface area contributed by atoms with Crippen molar-refractivity contribution in [3.8, 4) is 0 Å². The molecule has 1 nitrogen and oxygen atoms in total. The van der Waals surface area contributed by atoms with E-state index in [0.717, 1.165) is 5.56 Å². The summed E-state index contributed by atoms with van der Waals surface area (Å²) in [5.41, 5.74) is -0.857. The molecule has 1 aliphatic carbocycles. The van der Waals surface area contributed by atoms with Gasteiger partial charge >= 0.3 is 0 Å². The van der Waals surface area contributed by atoms with Crippen LogP contribution in [0, 0.1) is 0 Å². The Morgan fingerprint density at radius 2 is 2.00 bits per heavy atom. The number of allylic oxidation sites excluding steroid dienone is 2. The van der Waals surface area contributed by atoms with E-state index in [4.69, 9.17) is 16.7 Å². The van der Waals surface area contributed by atoms with Crippen LogP contribution in [0.4, 0.5) is 4.39 Å². The molecule has 84 valence electrons. The molecule has 0 aromatic heterocycles. The second kappa shape index (κ2) is 4.40. The fraction of sp³-hybridized carbons (Fsp3) is 0.231. The number of halogens is 2. The molecule has 0 heterocycles. The molecule has 0 saturated carbocycles. The van der Waals surface area contributed by atoms with Gasteiger partial charge in [0.25, 0.3) is 0 Å². The number of aliphatic hydroxyl groups excluding tert-OH is 1. The number of rotatable bonds is 2. The summed E-state index contributed by atoms with van der Waals surface area (Å²) in [5, 5.41) is 8.97. The van der Waals surface area contributed by atoms with Crippen LogP contribution in [0.5, 0.6) is 0 Å². The molecule has 2 unspecified atom stereocenters. The van der Waals surface area contributed by atoms with E-state index in [9.17, 15) is 4.39 Å². The van der Waals surface area contributed by atoms with Gasteiger partial charge in [0.05, 0.1) is 11.6 Å². The van der Waals surface area contributed by atoms with Gasteiger partial charge in [-0.2, -0.15) is 0 Å². The van der Waals surface area contributed by atoms with Gasteiger partial charge in [-0.25, -0.2) is 4.39 Å². The lowest BCUT2D eigenvalue weighted by Gasteiger charge is -2.24. The molecule has 3 heteroatoms. The highest BCUT2D eigenvalue weighted by Crippen LogP contribution is 2.35. The second-order valence-corrected chi connectivity index (χ2v) is 4.24. The Kier molecular flexibility index (Phi) is 3.13. The Morgan fingerprint density at radius 1 is 1.31 bits per heavy atom. The van der Waals surface area contributed by atoms with Crippen molar-refractivity contribution in [2.24, 2.45) is 0 Å². The molecule has 1 aromatic rings. The highest BCUT2D eigenvalue weighted by molar-refractivity contribution is 6.31. The van der Waals surface area contributed by atoms with E-state index >= 15 is 0 Å². The largest absolute Gasteiger partial charge is 0.392 e. The standard InChI is InChI=1S/C13H12ClFO/c14-12-8-11(6-7-13(12,15)9-16)10-4-2-1-3-5-10/h1-8,11,16H,9H2. The van der Waals surface area contributed by atoms with Crippen molar-refractivity contribution in [3.63, 3.8) is 0 Å². The Labute approximate surface area is 98.9 Å². The summed E-state index contributed by atoms with van der Waals surface area (Å²) in [6.07, 6.45) is 4.68. The highest BCUT2D eigenvalue weighted by Gasteiger charge is 2.33. The molecule has 16 heavy (non-hydrogen) atoms. The molecule has 0 radical (unpaired) electrons. The Hall–Kier alpha value is -1.12. The summed E-state index contributed by atoms with van der Waals surface area (Å²) in [4.78, 5) is 0. The molecular formula is C13H12ClFO. The summed E-state index contributed by atoms with van der Waals surface area (Å²) >= 11 is 5.84. The van der Waals surface area contributed by atoms with E-state index in [2.05, 4.69) is 0 Å². The predicted molar refractivity (Wildman–Crippen MR) is 63.2 cm³/mol. The Morgan fingerprint density at radius 3 is 2.56 bits per heavy atom. The van der Waals surface area contributed by atoms with Gasteiger partial charge in [0.2, 0.25) is 0 Å². The maximum Gasteiger partial charge on any atom is 0.187 e. The fourth-order valence-corrected chi connectivity index (χ4v) is 1.96. The molecule has 2 atom stereocenters. The van der Waals surface area contributed by atoms with Gasteiger partial charge in [-0.1, -0.05) is 54.1 Å². The number of hydrogen-bond donors (Lipinski definition) is 1. The SMILES string of the molecule is OCC1(F)C=CC(c2ccccc2)C=C1Cl. The van der Waals surface area contributed by atoms with Crippen molar-refractivity contribution in [1.29, 1.82) is 0 Å². The average molecular weight is 239 g/mol. The summed E-state index contributed by atoms with van der Waals surface area (Å²) in [6, 6.07) is 9.69. The highest BCUT2D eigenvalue weighted by atomic mass is 35.5. The molecule has 0 fully saturated rings. The molecular weight excluding hydrogens is 227 g/mol. The monoisotopic (exact) mass is 238 g/mol. The molecule has 0 bridgehead atoms. The van der Waals surface area contributed by atoms with Crippen molar-refractivity contribution in [2.75, 3.05) is 6.61 Å². The van der Waals surface area contributed by atoms with E-state index in [1.807, 2.05) is 30.3 Å². The second-order valence-electron chi connectivity index (χ2n) is 3.83. The van der Waals surface area contributed by atoms with Gasteiger partial charge in [0.15, 0.2) is 5.67 Å². The minimum Gasteiger partial charge on any atom is -0.392 e. The zero-order chi connectivity index (χ0) is 11.6. The van der Waals surface area contributed by atoms with Gasteiger partial charge in [0.1, 0.15) is 0 Å². The van der Waals surface area contributed by atoms with Crippen LogP contribution in [0.2, 0.25) is 0 Å². The van der Waals surface area contributed by atoms with Crippen LogP contribution in [0.25, 0.3) is 0 Å². The third kappa shape index (κ3) is 2.04. The van der Waals surface area contributed by atoms with Crippen LogP contribution >= 0.6 is 11.6 Å². The number of benzene rings is 1. The zero-order valence-corrected chi connectivity index (χ0v) is 9.36. The van der Waals surface area contributed by atoms with Crippen LogP contribution in [0.15, 0.2) is 53.6 Å². The van der Waals surface area contributed by atoms with Crippen LogP contribution < -0.4 is 0 Å². The summed E-state index contributed by atoms with van der Waals surface area (Å²) in [5.74, 6) is -0.0240. The van der Waals surface area contributed by atoms with Crippen LogP contribution in [0.1, 0.15) is 11.5 Å². The molecule has 0 saturated heterocycles. The average Bonchev–Trinajstić information content (AvgIpc) is 2.34. The smallest absolute Gasteiger partial charge is 0.187 e. The van der Waals surface area contributed by atoms with Crippen molar-refractivity contribution in [2.45, 2.75) is 11.6 Å². The summed E-state index contributed by atoms with van der Waals surface area (Å²) < 4.78 is 13.8. The normalized spacial score (nSPS) is 28.9. The van der Waals surface area contributed by atoms with Crippen molar-refractivity contribution < 1.29 is 9.50 Å². The van der Waals surface area contributed by atoms with Gasteiger partial charge in [-0.3, -0.25) is 0 Å². The minimum absolute atomic E-state index is 0.0240. The molecule has 2 rings (SSSR count). The molecule has 0 aliphatic heterocycles. The topological polar surface area (TPSA) is 20.2 Å². The lowest BCUT2D eigenvalue weighted by atomic mass is 9.89. The van der Waals surface area contributed by atoms with E-state index < -0.39 is 12.3 Å². The van der Waals surface area contributed by atoms with Gasteiger partial charge in [-0.05, 0) is 11.6 Å². The first kappa shape index (κ1) is 11.4.